The highest BCUT2D eigenvalue weighted by Gasteiger charge is 2.10. The van der Waals surface area contributed by atoms with E-state index in [1.54, 1.807) is 17.5 Å². The van der Waals surface area contributed by atoms with Crippen molar-refractivity contribution < 1.29 is 0 Å². The highest BCUT2D eigenvalue weighted by molar-refractivity contribution is 7.09. The number of nitrogen functional groups attached to an aromatic ring is 1. The molecule has 0 radical (unpaired) electrons. The number of hydrogen-bond donors (Lipinski definition) is 2. The van der Waals surface area contributed by atoms with E-state index in [4.69, 9.17) is 5.73 Å². The third-order valence-corrected chi connectivity index (χ3v) is 3.95. The van der Waals surface area contributed by atoms with Gasteiger partial charge in [-0.2, -0.15) is 0 Å². The molecule has 2 aromatic heterocycles. The van der Waals surface area contributed by atoms with Gasteiger partial charge in [0.1, 0.15) is 5.01 Å². The molecule has 1 atom stereocenters. The van der Waals surface area contributed by atoms with E-state index in [1.807, 2.05) is 35.8 Å². The summed E-state index contributed by atoms with van der Waals surface area (Å²) in [5.41, 5.74) is 8.51. The first-order chi connectivity index (χ1) is 9.25. The second-order valence-electron chi connectivity index (χ2n) is 4.34. The van der Waals surface area contributed by atoms with Gasteiger partial charge in [-0.15, -0.1) is 11.3 Å². The van der Waals surface area contributed by atoms with E-state index in [9.17, 15) is 0 Å². The summed E-state index contributed by atoms with van der Waals surface area (Å²) in [6.45, 7) is 2.09. The highest BCUT2D eigenvalue weighted by Crippen LogP contribution is 2.28. The number of nitrogens with zero attached hydrogens (tertiary/aromatic N) is 2. The summed E-state index contributed by atoms with van der Waals surface area (Å²) in [5.74, 6) is 0. The molecule has 0 amide bonds. The number of pyridine rings is 1. The smallest absolute Gasteiger partial charge is 0.115 e. The van der Waals surface area contributed by atoms with Crippen LogP contribution < -0.4 is 11.1 Å². The van der Waals surface area contributed by atoms with Gasteiger partial charge >= 0.3 is 0 Å². The lowest BCUT2D eigenvalue weighted by molar-refractivity contribution is 0.871. The van der Waals surface area contributed by atoms with Crippen molar-refractivity contribution >= 4 is 33.6 Å². The SMILES string of the molecule is CC(Nc1ccnc2c(N)cccc12)c1nccs1. The summed E-state index contributed by atoms with van der Waals surface area (Å²) < 4.78 is 0. The summed E-state index contributed by atoms with van der Waals surface area (Å²) in [6, 6.07) is 7.95. The molecule has 4 nitrogen and oxygen atoms in total. The van der Waals surface area contributed by atoms with E-state index in [-0.39, 0.29) is 6.04 Å². The lowest BCUT2D eigenvalue weighted by Gasteiger charge is -2.15. The van der Waals surface area contributed by atoms with Crippen molar-refractivity contribution in [1.29, 1.82) is 0 Å². The first-order valence-electron chi connectivity index (χ1n) is 6.05. The van der Waals surface area contributed by atoms with Gasteiger partial charge in [0.2, 0.25) is 0 Å². The van der Waals surface area contributed by atoms with Gasteiger partial charge in [0.25, 0.3) is 0 Å². The molecule has 0 bridgehead atoms. The molecule has 2 heterocycles. The number of thiazole rings is 1. The predicted octanol–water partition coefficient (Wildman–Crippen LogP) is 3.45. The molecule has 3 rings (SSSR count). The van der Waals surface area contributed by atoms with E-state index < -0.39 is 0 Å². The van der Waals surface area contributed by atoms with Gasteiger partial charge in [-0.3, -0.25) is 4.98 Å². The van der Waals surface area contributed by atoms with Crippen molar-refractivity contribution in [2.24, 2.45) is 0 Å². The molecule has 0 aliphatic rings. The molecular weight excluding hydrogens is 256 g/mol. The Balaban J connectivity index is 1.99. The third kappa shape index (κ3) is 2.24. The Morgan fingerprint density at radius 1 is 1.21 bits per heavy atom. The topological polar surface area (TPSA) is 63.8 Å². The number of benzene rings is 1. The van der Waals surface area contributed by atoms with Crippen LogP contribution in [0.1, 0.15) is 18.0 Å². The largest absolute Gasteiger partial charge is 0.397 e. The lowest BCUT2D eigenvalue weighted by atomic mass is 10.1. The van der Waals surface area contributed by atoms with Crippen molar-refractivity contribution in [2.75, 3.05) is 11.1 Å². The first-order valence-corrected chi connectivity index (χ1v) is 6.93. The van der Waals surface area contributed by atoms with E-state index in [2.05, 4.69) is 22.2 Å². The second kappa shape index (κ2) is 4.85. The van der Waals surface area contributed by atoms with Gasteiger partial charge in [-0.1, -0.05) is 12.1 Å². The van der Waals surface area contributed by atoms with Gasteiger partial charge in [-0.05, 0) is 19.1 Å². The van der Waals surface area contributed by atoms with Gasteiger partial charge in [0.05, 0.1) is 17.2 Å². The summed E-state index contributed by atoms with van der Waals surface area (Å²) >= 11 is 1.64. The monoisotopic (exact) mass is 270 g/mol. The average molecular weight is 270 g/mol. The number of fused-ring (bicyclic) bond motifs is 1. The molecule has 0 aliphatic carbocycles. The normalized spacial score (nSPS) is 12.5. The molecule has 3 aromatic rings. The highest BCUT2D eigenvalue weighted by atomic mass is 32.1. The van der Waals surface area contributed by atoms with E-state index in [0.717, 1.165) is 21.6 Å². The molecule has 0 fully saturated rings. The molecule has 96 valence electrons. The molecule has 0 saturated heterocycles. The molecule has 0 aliphatic heterocycles. The van der Waals surface area contributed by atoms with Crippen molar-refractivity contribution in [1.82, 2.24) is 9.97 Å². The molecule has 3 N–H and O–H groups in total. The van der Waals surface area contributed by atoms with Crippen molar-refractivity contribution in [3.63, 3.8) is 0 Å². The van der Waals surface area contributed by atoms with Crippen LogP contribution in [0.2, 0.25) is 0 Å². The van der Waals surface area contributed by atoms with E-state index in [1.165, 1.54) is 0 Å². The number of para-hydroxylation sites is 1. The van der Waals surface area contributed by atoms with E-state index in [0.29, 0.717) is 5.69 Å². The molecule has 1 unspecified atom stereocenters. The minimum absolute atomic E-state index is 0.159. The Bertz CT molecular complexity index is 694. The van der Waals surface area contributed by atoms with Crippen LogP contribution in [0.3, 0.4) is 0 Å². The Labute approximate surface area is 115 Å². The molecule has 0 spiro atoms. The summed E-state index contributed by atoms with van der Waals surface area (Å²) in [7, 11) is 0. The number of hydrogen-bond acceptors (Lipinski definition) is 5. The quantitative estimate of drug-likeness (QED) is 0.715. The zero-order valence-electron chi connectivity index (χ0n) is 10.5. The Hall–Kier alpha value is -2.14. The van der Waals surface area contributed by atoms with Gasteiger partial charge in [-0.25, -0.2) is 4.98 Å². The van der Waals surface area contributed by atoms with Crippen LogP contribution in [0.15, 0.2) is 42.0 Å². The van der Waals surface area contributed by atoms with Crippen LogP contribution in [-0.2, 0) is 0 Å². The summed E-state index contributed by atoms with van der Waals surface area (Å²) in [4.78, 5) is 8.66. The maximum atomic E-state index is 5.95. The van der Waals surface area contributed by atoms with Crippen molar-refractivity contribution in [2.45, 2.75) is 13.0 Å². The van der Waals surface area contributed by atoms with Gasteiger partial charge in [0, 0.05) is 28.8 Å². The van der Waals surface area contributed by atoms with Crippen LogP contribution in [0.5, 0.6) is 0 Å². The van der Waals surface area contributed by atoms with Crippen LogP contribution in [-0.4, -0.2) is 9.97 Å². The average Bonchev–Trinajstić information content (AvgIpc) is 2.94. The molecular formula is C14H14N4S. The van der Waals surface area contributed by atoms with Crippen molar-refractivity contribution in [3.05, 3.63) is 47.0 Å². The van der Waals surface area contributed by atoms with Crippen LogP contribution in [0, 0.1) is 0 Å². The van der Waals surface area contributed by atoms with Crippen LogP contribution in [0.25, 0.3) is 10.9 Å². The standard InChI is InChI=1S/C14H14N4S/c1-9(14-17-7-8-19-14)18-12-5-6-16-13-10(12)3-2-4-11(13)15/h2-9H,15H2,1H3,(H,16,18). The number of nitrogens with two attached hydrogens (primary N) is 1. The predicted molar refractivity (Wildman–Crippen MR) is 80.3 cm³/mol. The van der Waals surface area contributed by atoms with Crippen LogP contribution >= 0.6 is 11.3 Å². The van der Waals surface area contributed by atoms with Gasteiger partial charge in [0.15, 0.2) is 0 Å². The third-order valence-electron chi connectivity index (χ3n) is 3.00. The van der Waals surface area contributed by atoms with E-state index >= 15 is 0 Å². The fourth-order valence-electron chi connectivity index (χ4n) is 2.07. The zero-order valence-corrected chi connectivity index (χ0v) is 11.3. The summed E-state index contributed by atoms with van der Waals surface area (Å²) in [6.07, 6.45) is 3.59. The number of anilines is 2. The minimum Gasteiger partial charge on any atom is -0.397 e. The molecule has 0 saturated carbocycles. The Morgan fingerprint density at radius 2 is 2.11 bits per heavy atom. The summed E-state index contributed by atoms with van der Waals surface area (Å²) in [5, 5.41) is 7.55. The fourth-order valence-corrected chi connectivity index (χ4v) is 2.71. The number of aromatic nitrogens is 2. The second-order valence-corrected chi connectivity index (χ2v) is 5.26. The maximum absolute atomic E-state index is 5.95. The Morgan fingerprint density at radius 3 is 2.89 bits per heavy atom. The Kier molecular flexibility index (Phi) is 3.05. The maximum Gasteiger partial charge on any atom is 0.115 e. The van der Waals surface area contributed by atoms with Crippen LogP contribution in [0.4, 0.5) is 11.4 Å². The molecule has 19 heavy (non-hydrogen) atoms. The number of rotatable bonds is 3. The minimum atomic E-state index is 0.159. The number of nitrogens with one attached hydrogen (secondary N) is 1. The lowest BCUT2D eigenvalue weighted by Crippen LogP contribution is -2.06. The molecule has 1 aromatic carbocycles. The fraction of sp³-hybridized carbons (Fsp3) is 0.143. The van der Waals surface area contributed by atoms with Gasteiger partial charge < -0.3 is 11.1 Å². The zero-order chi connectivity index (χ0) is 13.2. The van der Waals surface area contributed by atoms with Crippen molar-refractivity contribution in [3.8, 4) is 0 Å². The first kappa shape index (κ1) is 11.9. The molecule has 5 heteroatoms.